The molecule has 7 nitrogen and oxygen atoms in total. The van der Waals surface area contributed by atoms with Gasteiger partial charge in [-0.05, 0) is 37.5 Å². The Labute approximate surface area is 171 Å². The molecule has 0 aliphatic carbocycles. The molecule has 2 aliphatic rings. The van der Waals surface area contributed by atoms with Gasteiger partial charge in [0.2, 0.25) is 5.91 Å². The molecule has 1 aromatic rings. The van der Waals surface area contributed by atoms with Crippen molar-refractivity contribution in [1.29, 1.82) is 0 Å². The number of hydrogen-bond donors (Lipinski definition) is 2. The minimum atomic E-state index is 0.270. The summed E-state index contributed by atoms with van der Waals surface area (Å²) >= 11 is 6.36. The highest BCUT2D eigenvalue weighted by atomic mass is 35.5. The molecular formula is C20H29ClN4O3. The van der Waals surface area contributed by atoms with Crippen LogP contribution in [0.25, 0.3) is 0 Å². The number of nitrogens with zero attached hydrogens (tertiary/aromatic N) is 2. The van der Waals surface area contributed by atoms with E-state index < -0.39 is 0 Å². The standard InChI is InChI=1S/C20H29ClN4O3/c1-2-22-20(23-7-4-9-25-8-3-6-18(25)26)24-14-15-12-16(21)19-17(13-15)27-10-5-11-28-19/h12-13H,2-11,14H2,1H3,(H2,22,23,24). The molecule has 1 saturated heterocycles. The quantitative estimate of drug-likeness (QED) is 0.412. The van der Waals surface area contributed by atoms with Crippen LogP contribution in [0.4, 0.5) is 0 Å². The summed E-state index contributed by atoms with van der Waals surface area (Å²) in [5.41, 5.74) is 0.967. The first-order valence-electron chi connectivity index (χ1n) is 10.1. The molecule has 0 bridgehead atoms. The fourth-order valence-corrected chi connectivity index (χ4v) is 3.59. The van der Waals surface area contributed by atoms with Crippen molar-refractivity contribution in [2.24, 2.45) is 4.99 Å². The van der Waals surface area contributed by atoms with E-state index >= 15 is 0 Å². The van der Waals surface area contributed by atoms with Crippen LogP contribution < -0.4 is 20.1 Å². The fourth-order valence-electron chi connectivity index (χ4n) is 3.30. The number of guanidine groups is 1. The molecule has 0 spiro atoms. The van der Waals surface area contributed by atoms with Crippen LogP contribution in [0.5, 0.6) is 11.5 Å². The van der Waals surface area contributed by atoms with Crippen molar-refractivity contribution >= 4 is 23.5 Å². The van der Waals surface area contributed by atoms with Crippen LogP contribution in [0.1, 0.15) is 38.2 Å². The van der Waals surface area contributed by atoms with E-state index in [9.17, 15) is 4.79 Å². The minimum absolute atomic E-state index is 0.270. The van der Waals surface area contributed by atoms with E-state index in [1.807, 2.05) is 24.0 Å². The van der Waals surface area contributed by atoms with Gasteiger partial charge in [0, 0.05) is 39.0 Å². The zero-order chi connectivity index (χ0) is 19.8. The summed E-state index contributed by atoms with van der Waals surface area (Å²) in [5, 5.41) is 7.13. The third-order valence-electron chi connectivity index (χ3n) is 4.69. The van der Waals surface area contributed by atoms with Gasteiger partial charge in [-0.3, -0.25) is 4.79 Å². The average Bonchev–Trinajstić information content (AvgIpc) is 2.94. The van der Waals surface area contributed by atoms with Crippen molar-refractivity contribution in [3.8, 4) is 11.5 Å². The predicted octanol–water partition coefficient (Wildman–Crippen LogP) is 2.57. The Kier molecular flexibility index (Phi) is 7.65. The Morgan fingerprint density at radius 2 is 2.11 bits per heavy atom. The maximum absolute atomic E-state index is 11.7. The number of ether oxygens (including phenoxy) is 2. The van der Waals surface area contributed by atoms with Crippen LogP contribution >= 0.6 is 11.6 Å². The molecule has 1 amide bonds. The van der Waals surface area contributed by atoms with Gasteiger partial charge in [0.15, 0.2) is 17.5 Å². The molecule has 1 aromatic carbocycles. The van der Waals surface area contributed by atoms with Crippen LogP contribution in [0.15, 0.2) is 17.1 Å². The van der Waals surface area contributed by atoms with Crippen LogP contribution in [0.2, 0.25) is 5.02 Å². The monoisotopic (exact) mass is 408 g/mol. The zero-order valence-corrected chi connectivity index (χ0v) is 17.2. The molecule has 0 aromatic heterocycles. The molecule has 28 heavy (non-hydrogen) atoms. The lowest BCUT2D eigenvalue weighted by Gasteiger charge is -2.16. The molecule has 1 fully saturated rings. The number of halogens is 1. The van der Waals surface area contributed by atoms with Crippen molar-refractivity contribution < 1.29 is 14.3 Å². The Balaban J connectivity index is 1.54. The molecule has 0 unspecified atom stereocenters. The number of hydrogen-bond acceptors (Lipinski definition) is 4. The summed E-state index contributed by atoms with van der Waals surface area (Å²) in [7, 11) is 0. The van der Waals surface area contributed by atoms with Gasteiger partial charge in [-0.1, -0.05) is 11.6 Å². The van der Waals surface area contributed by atoms with E-state index in [4.69, 9.17) is 21.1 Å². The van der Waals surface area contributed by atoms with Gasteiger partial charge in [0.1, 0.15) is 0 Å². The largest absolute Gasteiger partial charge is 0.489 e. The normalized spacial score (nSPS) is 16.9. The molecule has 8 heteroatoms. The molecular weight excluding hydrogens is 380 g/mol. The first kappa shape index (κ1) is 20.6. The van der Waals surface area contributed by atoms with Crippen LogP contribution in [-0.4, -0.2) is 56.2 Å². The summed E-state index contributed by atoms with van der Waals surface area (Å²) in [4.78, 5) is 18.2. The molecule has 0 saturated carbocycles. The molecule has 3 rings (SSSR count). The number of aliphatic imine (C=N–C) groups is 1. The first-order valence-corrected chi connectivity index (χ1v) is 10.4. The lowest BCUT2D eigenvalue weighted by atomic mass is 10.2. The Morgan fingerprint density at radius 1 is 1.25 bits per heavy atom. The summed E-state index contributed by atoms with van der Waals surface area (Å²) < 4.78 is 11.4. The number of benzene rings is 1. The lowest BCUT2D eigenvalue weighted by molar-refractivity contribution is -0.127. The van der Waals surface area contributed by atoms with Crippen LogP contribution in [-0.2, 0) is 11.3 Å². The van der Waals surface area contributed by atoms with Gasteiger partial charge in [0.25, 0.3) is 0 Å². The SMILES string of the molecule is CCNC(=NCc1cc(Cl)c2c(c1)OCCCO2)NCCCN1CCCC1=O. The molecule has 2 aliphatic heterocycles. The van der Waals surface area contributed by atoms with E-state index in [-0.39, 0.29) is 5.91 Å². The number of nitrogens with one attached hydrogen (secondary N) is 2. The Morgan fingerprint density at radius 3 is 2.89 bits per heavy atom. The average molecular weight is 409 g/mol. The lowest BCUT2D eigenvalue weighted by Crippen LogP contribution is -2.39. The second-order valence-corrected chi connectivity index (χ2v) is 7.32. The summed E-state index contributed by atoms with van der Waals surface area (Å²) in [5.74, 6) is 2.32. The maximum atomic E-state index is 11.7. The molecule has 154 valence electrons. The minimum Gasteiger partial charge on any atom is -0.489 e. The third kappa shape index (κ3) is 5.67. The van der Waals surface area contributed by atoms with E-state index in [1.165, 1.54) is 0 Å². The highest BCUT2D eigenvalue weighted by Crippen LogP contribution is 2.38. The molecule has 0 atom stereocenters. The van der Waals surface area contributed by atoms with E-state index in [0.717, 1.165) is 57.0 Å². The summed E-state index contributed by atoms with van der Waals surface area (Å²) in [6.45, 7) is 6.97. The number of carbonyl (C=O) groups is 1. The molecule has 2 heterocycles. The number of rotatable bonds is 7. The number of amides is 1. The van der Waals surface area contributed by atoms with Crippen molar-refractivity contribution in [2.75, 3.05) is 39.4 Å². The molecule has 2 N–H and O–H groups in total. The van der Waals surface area contributed by atoms with Gasteiger partial charge in [0.05, 0.1) is 24.8 Å². The fraction of sp³-hybridized carbons (Fsp3) is 0.600. The van der Waals surface area contributed by atoms with Crippen LogP contribution in [0, 0.1) is 0 Å². The molecule has 0 radical (unpaired) electrons. The van der Waals surface area contributed by atoms with Gasteiger partial charge < -0.3 is 25.0 Å². The summed E-state index contributed by atoms with van der Waals surface area (Å²) in [6, 6.07) is 3.82. The number of carbonyl (C=O) groups excluding carboxylic acids is 1. The van der Waals surface area contributed by atoms with Gasteiger partial charge in [-0.2, -0.15) is 0 Å². The highest BCUT2D eigenvalue weighted by molar-refractivity contribution is 6.32. The Hall–Kier alpha value is -2.15. The van der Waals surface area contributed by atoms with Crippen molar-refractivity contribution in [3.63, 3.8) is 0 Å². The zero-order valence-electron chi connectivity index (χ0n) is 16.4. The maximum Gasteiger partial charge on any atom is 0.222 e. The van der Waals surface area contributed by atoms with E-state index in [1.54, 1.807) is 0 Å². The number of likely N-dealkylation sites (tertiary alicyclic amines) is 1. The van der Waals surface area contributed by atoms with Crippen molar-refractivity contribution in [2.45, 2.75) is 39.2 Å². The van der Waals surface area contributed by atoms with E-state index in [2.05, 4.69) is 15.6 Å². The van der Waals surface area contributed by atoms with Crippen LogP contribution in [0.3, 0.4) is 0 Å². The van der Waals surface area contributed by atoms with Gasteiger partial charge >= 0.3 is 0 Å². The Bertz CT molecular complexity index is 711. The smallest absolute Gasteiger partial charge is 0.222 e. The van der Waals surface area contributed by atoms with Gasteiger partial charge in [-0.15, -0.1) is 0 Å². The highest BCUT2D eigenvalue weighted by Gasteiger charge is 2.19. The number of fused-ring (bicyclic) bond motifs is 1. The van der Waals surface area contributed by atoms with Gasteiger partial charge in [-0.25, -0.2) is 4.99 Å². The third-order valence-corrected chi connectivity index (χ3v) is 4.98. The van der Waals surface area contributed by atoms with E-state index in [0.29, 0.717) is 42.7 Å². The second-order valence-electron chi connectivity index (χ2n) is 6.92. The summed E-state index contributed by atoms with van der Waals surface area (Å²) in [6.07, 6.45) is 3.41. The topological polar surface area (TPSA) is 75.2 Å². The predicted molar refractivity (Wildman–Crippen MR) is 110 cm³/mol. The van der Waals surface area contributed by atoms with Crippen molar-refractivity contribution in [3.05, 3.63) is 22.7 Å². The first-order chi connectivity index (χ1) is 13.7. The second kappa shape index (κ2) is 10.4. The van der Waals surface area contributed by atoms with Crippen molar-refractivity contribution in [1.82, 2.24) is 15.5 Å².